The van der Waals surface area contributed by atoms with Gasteiger partial charge in [0.15, 0.2) is 5.82 Å². The van der Waals surface area contributed by atoms with Crippen LogP contribution in [0.3, 0.4) is 0 Å². The van der Waals surface area contributed by atoms with E-state index >= 15 is 0 Å². The standard InChI is InChI=1S/C22H27FN2O3/c1-15(25-16(2)26)14-27-19-8-10-20(11-9-19)28-22-21(23)12-18(13-24-22)17-6-4-3-5-7-17/h3-7,12-13,15,19-20H,8-11,14H2,1-2H3,(H,25,26)/t15-,19?,20?/m0/s1. The van der Waals surface area contributed by atoms with E-state index in [-0.39, 0.29) is 30.0 Å². The van der Waals surface area contributed by atoms with Crippen molar-refractivity contribution in [3.05, 3.63) is 48.4 Å². The lowest BCUT2D eigenvalue weighted by molar-refractivity contribution is -0.120. The van der Waals surface area contributed by atoms with E-state index < -0.39 is 5.82 Å². The summed E-state index contributed by atoms with van der Waals surface area (Å²) >= 11 is 0. The number of benzene rings is 1. The number of hydrogen-bond acceptors (Lipinski definition) is 4. The third-order valence-corrected chi connectivity index (χ3v) is 4.85. The zero-order chi connectivity index (χ0) is 19.9. The van der Waals surface area contributed by atoms with Crippen LogP contribution in [-0.2, 0) is 9.53 Å². The van der Waals surface area contributed by atoms with Crippen molar-refractivity contribution in [3.63, 3.8) is 0 Å². The molecule has 28 heavy (non-hydrogen) atoms. The highest BCUT2D eigenvalue weighted by Gasteiger charge is 2.24. The number of halogens is 1. The van der Waals surface area contributed by atoms with Gasteiger partial charge in [-0.15, -0.1) is 0 Å². The normalized spacial score (nSPS) is 20.4. The fourth-order valence-electron chi connectivity index (χ4n) is 3.44. The molecule has 1 heterocycles. The zero-order valence-corrected chi connectivity index (χ0v) is 16.4. The molecule has 0 radical (unpaired) electrons. The van der Waals surface area contributed by atoms with Crippen LogP contribution in [0.1, 0.15) is 39.5 Å². The molecule has 2 aromatic rings. The number of amides is 1. The SMILES string of the molecule is CC(=O)N[C@@H](C)COC1CCC(Oc2ncc(-c3ccccc3)cc2F)CC1. The maximum Gasteiger partial charge on any atom is 0.250 e. The molecule has 1 aromatic carbocycles. The van der Waals surface area contributed by atoms with Gasteiger partial charge in [0.05, 0.1) is 12.7 Å². The Morgan fingerprint density at radius 1 is 1.18 bits per heavy atom. The lowest BCUT2D eigenvalue weighted by Gasteiger charge is -2.29. The molecule has 1 atom stereocenters. The number of nitrogens with zero attached hydrogens (tertiary/aromatic N) is 1. The highest BCUT2D eigenvalue weighted by atomic mass is 19.1. The first-order valence-electron chi connectivity index (χ1n) is 9.77. The first kappa shape index (κ1) is 20.3. The Labute approximate surface area is 165 Å². The molecule has 1 fully saturated rings. The first-order valence-corrected chi connectivity index (χ1v) is 9.77. The molecule has 1 aliphatic carbocycles. The van der Waals surface area contributed by atoms with E-state index in [1.54, 1.807) is 6.20 Å². The maximum absolute atomic E-state index is 14.4. The molecule has 1 N–H and O–H groups in total. The van der Waals surface area contributed by atoms with Crippen molar-refractivity contribution < 1.29 is 18.7 Å². The summed E-state index contributed by atoms with van der Waals surface area (Å²) in [6.07, 6.45) is 5.02. The molecular formula is C22H27FN2O3. The molecule has 1 aliphatic rings. The first-order chi connectivity index (χ1) is 13.5. The van der Waals surface area contributed by atoms with Crippen molar-refractivity contribution in [3.8, 4) is 17.0 Å². The highest BCUT2D eigenvalue weighted by molar-refractivity contribution is 5.73. The van der Waals surface area contributed by atoms with Crippen molar-refractivity contribution in [1.82, 2.24) is 10.3 Å². The van der Waals surface area contributed by atoms with Gasteiger partial charge in [-0.25, -0.2) is 9.37 Å². The Balaban J connectivity index is 1.48. The van der Waals surface area contributed by atoms with Crippen LogP contribution in [0.15, 0.2) is 42.6 Å². The summed E-state index contributed by atoms with van der Waals surface area (Å²) in [6, 6.07) is 11.1. The van der Waals surface area contributed by atoms with Crippen molar-refractivity contribution in [1.29, 1.82) is 0 Å². The van der Waals surface area contributed by atoms with Crippen molar-refractivity contribution >= 4 is 5.91 Å². The van der Waals surface area contributed by atoms with Crippen LogP contribution in [0.2, 0.25) is 0 Å². The van der Waals surface area contributed by atoms with Gasteiger partial charge in [0, 0.05) is 24.7 Å². The molecule has 0 unspecified atom stereocenters. The number of aromatic nitrogens is 1. The van der Waals surface area contributed by atoms with Crippen molar-refractivity contribution in [2.24, 2.45) is 0 Å². The fourth-order valence-corrected chi connectivity index (χ4v) is 3.44. The predicted molar refractivity (Wildman–Crippen MR) is 106 cm³/mol. The van der Waals surface area contributed by atoms with Crippen LogP contribution in [-0.4, -0.2) is 35.7 Å². The van der Waals surface area contributed by atoms with Crippen LogP contribution in [0, 0.1) is 5.82 Å². The summed E-state index contributed by atoms with van der Waals surface area (Å²) in [7, 11) is 0. The molecule has 1 aromatic heterocycles. The molecule has 6 heteroatoms. The summed E-state index contributed by atoms with van der Waals surface area (Å²) in [5.41, 5.74) is 1.66. The minimum atomic E-state index is -0.441. The molecule has 3 rings (SSSR count). The summed E-state index contributed by atoms with van der Waals surface area (Å²) in [5, 5.41) is 2.81. The smallest absolute Gasteiger partial charge is 0.250 e. The summed E-state index contributed by atoms with van der Waals surface area (Å²) in [4.78, 5) is 15.2. The van der Waals surface area contributed by atoms with Crippen molar-refractivity contribution in [2.45, 2.75) is 57.8 Å². The Morgan fingerprint density at radius 2 is 1.86 bits per heavy atom. The second-order valence-electron chi connectivity index (χ2n) is 7.33. The average Bonchev–Trinajstić information content (AvgIpc) is 2.69. The van der Waals surface area contributed by atoms with Crippen LogP contribution in [0.4, 0.5) is 4.39 Å². The van der Waals surface area contributed by atoms with Crippen LogP contribution >= 0.6 is 0 Å². The van der Waals surface area contributed by atoms with Gasteiger partial charge in [-0.05, 0) is 44.2 Å². The molecule has 0 spiro atoms. The van der Waals surface area contributed by atoms with Crippen LogP contribution in [0.25, 0.3) is 11.1 Å². The molecule has 5 nitrogen and oxygen atoms in total. The van der Waals surface area contributed by atoms with Gasteiger partial charge in [-0.3, -0.25) is 4.79 Å². The molecule has 1 saturated carbocycles. The lowest BCUT2D eigenvalue weighted by Crippen LogP contribution is -2.37. The van der Waals surface area contributed by atoms with Gasteiger partial charge in [0.2, 0.25) is 5.91 Å². The van der Waals surface area contributed by atoms with E-state index in [2.05, 4.69) is 10.3 Å². The predicted octanol–water partition coefficient (Wildman–Crippen LogP) is 4.12. The lowest BCUT2D eigenvalue weighted by atomic mass is 9.95. The fraction of sp³-hybridized carbons (Fsp3) is 0.455. The van der Waals surface area contributed by atoms with E-state index in [1.807, 2.05) is 37.3 Å². The molecular weight excluding hydrogens is 359 g/mol. The number of carbonyl (C=O) groups excluding carboxylic acids is 1. The third kappa shape index (κ3) is 5.76. The van der Waals surface area contributed by atoms with E-state index in [0.717, 1.165) is 36.8 Å². The topological polar surface area (TPSA) is 60.5 Å². The quantitative estimate of drug-likeness (QED) is 0.778. The second kappa shape index (κ2) is 9.64. The van der Waals surface area contributed by atoms with Gasteiger partial charge in [0.1, 0.15) is 6.10 Å². The Morgan fingerprint density at radius 3 is 2.50 bits per heavy atom. The minimum absolute atomic E-state index is 0.00658. The van der Waals surface area contributed by atoms with Gasteiger partial charge >= 0.3 is 0 Å². The van der Waals surface area contributed by atoms with Crippen LogP contribution < -0.4 is 10.1 Å². The van der Waals surface area contributed by atoms with Gasteiger partial charge in [-0.1, -0.05) is 30.3 Å². The third-order valence-electron chi connectivity index (χ3n) is 4.85. The van der Waals surface area contributed by atoms with E-state index in [9.17, 15) is 9.18 Å². The van der Waals surface area contributed by atoms with Gasteiger partial charge in [-0.2, -0.15) is 0 Å². The maximum atomic E-state index is 14.4. The number of rotatable bonds is 7. The average molecular weight is 386 g/mol. The van der Waals surface area contributed by atoms with Gasteiger partial charge < -0.3 is 14.8 Å². The summed E-state index contributed by atoms with van der Waals surface area (Å²) in [5.74, 6) is -0.437. The number of ether oxygens (including phenoxy) is 2. The Bertz CT molecular complexity index is 777. The van der Waals surface area contributed by atoms with Gasteiger partial charge in [0.25, 0.3) is 5.88 Å². The van der Waals surface area contributed by atoms with Crippen LogP contribution in [0.5, 0.6) is 5.88 Å². The van der Waals surface area contributed by atoms with E-state index in [0.29, 0.717) is 6.61 Å². The number of carbonyl (C=O) groups is 1. The van der Waals surface area contributed by atoms with E-state index in [1.165, 1.54) is 13.0 Å². The largest absolute Gasteiger partial charge is 0.472 e. The molecule has 1 amide bonds. The van der Waals surface area contributed by atoms with E-state index in [4.69, 9.17) is 9.47 Å². The Kier molecular flexibility index (Phi) is 6.98. The monoisotopic (exact) mass is 386 g/mol. The summed E-state index contributed by atoms with van der Waals surface area (Å²) in [6.45, 7) is 3.91. The molecule has 150 valence electrons. The number of hydrogen-bond donors (Lipinski definition) is 1. The molecule has 0 aliphatic heterocycles. The van der Waals surface area contributed by atoms with Crippen molar-refractivity contribution in [2.75, 3.05) is 6.61 Å². The summed E-state index contributed by atoms with van der Waals surface area (Å²) < 4.78 is 26.1. The number of pyridine rings is 1. The minimum Gasteiger partial charge on any atom is -0.472 e. The number of nitrogens with one attached hydrogen (secondary N) is 1. The second-order valence-corrected chi connectivity index (χ2v) is 7.33. The Hall–Kier alpha value is -2.47. The highest BCUT2D eigenvalue weighted by Crippen LogP contribution is 2.28. The molecule has 0 saturated heterocycles. The molecule has 0 bridgehead atoms. The zero-order valence-electron chi connectivity index (χ0n) is 16.4.